The normalized spacial score (nSPS) is 14.8. The van der Waals surface area contributed by atoms with E-state index in [1.54, 1.807) is 12.5 Å². The topological polar surface area (TPSA) is 18.5 Å². The van der Waals surface area contributed by atoms with Gasteiger partial charge in [-0.2, -0.15) is 0 Å². The molecule has 0 unspecified atom stereocenters. The van der Waals surface area contributed by atoms with Gasteiger partial charge in [-0.05, 0) is 10.4 Å². The second kappa shape index (κ2) is 4.28. The number of rotatable bonds is 2. The Kier molecular flexibility index (Phi) is 3.19. The third-order valence-corrected chi connectivity index (χ3v) is 7.18. The second-order valence-corrected chi connectivity index (χ2v) is 16.9. The summed E-state index contributed by atoms with van der Waals surface area (Å²) in [6, 6.07) is 4.50. The van der Waals surface area contributed by atoms with Crippen LogP contribution in [0.3, 0.4) is 0 Å². The first kappa shape index (κ1) is 13.4. The highest BCUT2D eigenvalue weighted by Gasteiger charge is 2.30. The molecule has 4 heteroatoms. The van der Waals surface area contributed by atoms with E-state index >= 15 is 0 Å². The lowest BCUT2D eigenvalue weighted by atomic mass is 10.3. The van der Waals surface area contributed by atoms with Gasteiger partial charge in [0.25, 0.3) is 0 Å². The van der Waals surface area contributed by atoms with E-state index in [4.69, 9.17) is 9.47 Å². The fourth-order valence-electron chi connectivity index (χ4n) is 2.17. The zero-order chi connectivity index (χ0) is 13.6. The average molecular weight is 278 g/mol. The van der Waals surface area contributed by atoms with Gasteiger partial charge in [-0.15, -0.1) is 0 Å². The fourth-order valence-corrected chi connectivity index (χ4v) is 5.04. The number of benzene rings is 1. The van der Waals surface area contributed by atoms with Gasteiger partial charge in [-0.3, -0.25) is 0 Å². The summed E-state index contributed by atoms with van der Waals surface area (Å²) in [6.07, 6.45) is 3.28. The van der Waals surface area contributed by atoms with Crippen molar-refractivity contribution in [1.82, 2.24) is 0 Å². The minimum Gasteiger partial charge on any atom is -0.458 e. The predicted molar refractivity (Wildman–Crippen MR) is 82.8 cm³/mol. The summed E-state index contributed by atoms with van der Waals surface area (Å²) in [5.41, 5.74) is 0. The molecule has 0 fully saturated rings. The van der Waals surface area contributed by atoms with Gasteiger partial charge in [0.15, 0.2) is 11.5 Å². The summed E-state index contributed by atoms with van der Waals surface area (Å²) in [7, 11) is -2.84. The predicted octanol–water partition coefficient (Wildman–Crippen LogP) is 3.02. The molecule has 0 atom stereocenters. The molecular formula is C14H22O2Si2. The van der Waals surface area contributed by atoms with E-state index < -0.39 is 16.1 Å². The minimum atomic E-state index is -1.42. The van der Waals surface area contributed by atoms with Crippen molar-refractivity contribution >= 4 is 26.5 Å². The average Bonchev–Trinajstić information content (AvgIpc) is 2.24. The van der Waals surface area contributed by atoms with Crippen molar-refractivity contribution in [2.24, 2.45) is 0 Å². The summed E-state index contributed by atoms with van der Waals surface area (Å²) in [5.74, 6) is 1.91. The van der Waals surface area contributed by atoms with Gasteiger partial charge in [0.1, 0.15) is 12.5 Å². The first-order valence-electron chi connectivity index (χ1n) is 6.37. The second-order valence-electron chi connectivity index (χ2n) is 6.83. The monoisotopic (exact) mass is 278 g/mol. The van der Waals surface area contributed by atoms with Crippen LogP contribution in [0.1, 0.15) is 0 Å². The number of fused-ring (bicyclic) bond motifs is 1. The maximum Gasteiger partial charge on any atom is 0.168 e. The molecule has 0 bridgehead atoms. The van der Waals surface area contributed by atoms with E-state index in [-0.39, 0.29) is 0 Å². The maximum atomic E-state index is 5.77. The maximum absolute atomic E-state index is 5.77. The van der Waals surface area contributed by atoms with Crippen molar-refractivity contribution < 1.29 is 9.47 Å². The molecule has 18 heavy (non-hydrogen) atoms. The molecule has 0 N–H and O–H groups in total. The SMILES string of the molecule is C[Si](C)(C)c1ccc([Si](C)(C)C)c2c1OC=CO2. The highest BCUT2D eigenvalue weighted by atomic mass is 28.3. The Morgan fingerprint density at radius 2 is 1.00 bits per heavy atom. The molecular weight excluding hydrogens is 256 g/mol. The molecule has 0 radical (unpaired) electrons. The standard InChI is InChI=1S/C14H22O2Si2/c1-17(2,3)11-7-8-12(18(4,5)6)14-13(11)15-9-10-16-14/h7-10H,1-6H3. The molecule has 0 aromatic heterocycles. The summed E-state index contributed by atoms with van der Waals surface area (Å²) < 4.78 is 11.5. The Balaban J connectivity index is 2.66. The van der Waals surface area contributed by atoms with Crippen molar-refractivity contribution in [3.8, 4) is 11.5 Å². The van der Waals surface area contributed by atoms with Crippen LogP contribution in [0.2, 0.25) is 39.3 Å². The third kappa shape index (κ3) is 2.40. The number of hydrogen-bond acceptors (Lipinski definition) is 2. The Labute approximate surface area is 112 Å². The van der Waals surface area contributed by atoms with Gasteiger partial charge < -0.3 is 9.47 Å². The Morgan fingerprint density at radius 3 is 1.28 bits per heavy atom. The molecule has 0 saturated heterocycles. The van der Waals surface area contributed by atoms with Crippen LogP contribution in [0.5, 0.6) is 11.5 Å². The Morgan fingerprint density at radius 1 is 0.667 bits per heavy atom. The molecule has 1 aromatic rings. The van der Waals surface area contributed by atoms with E-state index in [2.05, 4.69) is 51.4 Å². The summed E-state index contributed by atoms with van der Waals surface area (Å²) >= 11 is 0. The van der Waals surface area contributed by atoms with Gasteiger partial charge in [-0.25, -0.2) is 0 Å². The lowest BCUT2D eigenvalue weighted by molar-refractivity contribution is 0.366. The molecule has 0 spiro atoms. The quantitative estimate of drug-likeness (QED) is 0.774. The van der Waals surface area contributed by atoms with E-state index in [1.807, 2.05) is 0 Å². The van der Waals surface area contributed by atoms with Crippen LogP contribution in [-0.4, -0.2) is 16.1 Å². The minimum absolute atomic E-state index is 0.955. The molecule has 1 aliphatic rings. The van der Waals surface area contributed by atoms with Crippen LogP contribution < -0.4 is 19.8 Å². The summed E-state index contributed by atoms with van der Waals surface area (Å²) in [6.45, 7) is 14.0. The third-order valence-electron chi connectivity index (χ3n) is 3.16. The fraction of sp³-hybridized carbons (Fsp3) is 0.429. The smallest absolute Gasteiger partial charge is 0.168 e. The van der Waals surface area contributed by atoms with Gasteiger partial charge in [0.2, 0.25) is 0 Å². The number of hydrogen-bond donors (Lipinski definition) is 0. The Hall–Kier alpha value is -1.01. The van der Waals surface area contributed by atoms with Crippen molar-refractivity contribution in [3.63, 3.8) is 0 Å². The zero-order valence-electron chi connectivity index (χ0n) is 12.1. The summed E-state index contributed by atoms with van der Waals surface area (Å²) in [5, 5.41) is 2.67. The molecule has 98 valence electrons. The first-order chi connectivity index (χ1) is 8.21. The van der Waals surface area contributed by atoms with E-state index in [9.17, 15) is 0 Å². The summed E-state index contributed by atoms with van der Waals surface area (Å²) in [4.78, 5) is 0. The van der Waals surface area contributed by atoms with Crippen molar-refractivity contribution in [3.05, 3.63) is 24.7 Å². The van der Waals surface area contributed by atoms with Crippen molar-refractivity contribution in [2.75, 3.05) is 0 Å². The van der Waals surface area contributed by atoms with Gasteiger partial charge >= 0.3 is 0 Å². The molecule has 2 rings (SSSR count). The van der Waals surface area contributed by atoms with E-state index in [0.717, 1.165) is 11.5 Å². The van der Waals surface area contributed by atoms with Crippen LogP contribution >= 0.6 is 0 Å². The lowest BCUT2D eigenvalue weighted by Gasteiger charge is -2.28. The molecule has 0 aliphatic carbocycles. The van der Waals surface area contributed by atoms with Crippen molar-refractivity contribution in [2.45, 2.75) is 39.3 Å². The molecule has 1 aromatic carbocycles. The van der Waals surface area contributed by atoms with Crippen LogP contribution in [0.4, 0.5) is 0 Å². The lowest BCUT2D eigenvalue weighted by Crippen LogP contribution is -2.44. The van der Waals surface area contributed by atoms with Gasteiger partial charge in [-0.1, -0.05) is 51.4 Å². The zero-order valence-corrected chi connectivity index (χ0v) is 14.1. The van der Waals surface area contributed by atoms with Gasteiger partial charge in [0.05, 0.1) is 16.1 Å². The highest BCUT2D eigenvalue weighted by Crippen LogP contribution is 2.30. The van der Waals surface area contributed by atoms with Crippen LogP contribution in [0, 0.1) is 0 Å². The largest absolute Gasteiger partial charge is 0.458 e. The highest BCUT2D eigenvalue weighted by molar-refractivity contribution is 6.91. The van der Waals surface area contributed by atoms with E-state index in [0.29, 0.717) is 0 Å². The van der Waals surface area contributed by atoms with Crippen LogP contribution in [0.15, 0.2) is 24.7 Å². The van der Waals surface area contributed by atoms with Crippen LogP contribution in [0.25, 0.3) is 0 Å². The molecule has 0 saturated carbocycles. The number of ether oxygens (including phenoxy) is 2. The molecule has 2 nitrogen and oxygen atoms in total. The first-order valence-corrected chi connectivity index (χ1v) is 13.4. The van der Waals surface area contributed by atoms with E-state index in [1.165, 1.54) is 10.4 Å². The molecule has 1 aliphatic heterocycles. The van der Waals surface area contributed by atoms with Crippen molar-refractivity contribution in [1.29, 1.82) is 0 Å². The molecule has 0 amide bonds. The van der Waals surface area contributed by atoms with Crippen LogP contribution in [-0.2, 0) is 0 Å². The molecule has 1 heterocycles. The van der Waals surface area contributed by atoms with Gasteiger partial charge in [0, 0.05) is 0 Å². The Bertz CT molecular complexity index is 449.